The lowest BCUT2D eigenvalue weighted by molar-refractivity contribution is 0.376. The van der Waals surface area contributed by atoms with E-state index in [9.17, 15) is 8.42 Å². The first kappa shape index (κ1) is 35.6. The molecule has 0 fully saturated rings. The molecule has 4 nitrogen and oxygen atoms in total. The highest BCUT2D eigenvalue weighted by atomic mass is 35.5. The van der Waals surface area contributed by atoms with E-state index in [-0.39, 0.29) is 4.90 Å². The minimum atomic E-state index is -4.08. The highest BCUT2D eigenvalue weighted by molar-refractivity contribution is 7.85. The molecule has 222 valence electrons. The Balaban J connectivity index is 0.000000573. The van der Waals surface area contributed by atoms with Gasteiger partial charge in [0.25, 0.3) is 10.1 Å². The normalized spacial score (nSPS) is 12.3. The van der Waals surface area contributed by atoms with Crippen molar-refractivity contribution in [1.29, 1.82) is 0 Å². The summed E-state index contributed by atoms with van der Waals surface area (Å²) >= 11 is 5.49. The maximum atomic E-state index is 10.5. The van der Waals surface area contributed by atoms with Crippen LogP contribution in [0.5, 0.6) is 0 Å². The summed E-state index contributed by atoms with van der Waals surface area (Å²) < 4.78 is 29.4. The molecule has 0 saturated carbocycles. The molecule has 1 N–H and O–H groups in total. The summed E-state index contributed by atoms with van der Waals surface area (Å²) in [6.45, 7) is 3.54. The smallest absolute Gasteiger partial charge is 0.294 e. The lowest BCUT2D eigenvalue weighted by Crippen LogP contribution is -2.12. The van der Waals surface area contributed by atoms with Crippen LogP contribution in [0.4, 0.5) is 0 Å². The van der Waals surface area contributed by atoms with E-state index in [0.29, 0.717) is 5.02 Å². The van der Waals surface area contributed by atoms with Gasteiger partial charge >= 0.3 is 0 Å². The van der Waals surface area contributed by atoms with Crippen molar-refractivity contribution in [3.8, 4) is 0 Å². The van der Waals surface area contributed by atoms with E-state index in [1.165, 1.54) is 139 Å². The molecule has 0 heterocycles. The molecule has 0 spiro atoms. The van der Waals surface area contributed by atoms with E-state index < -0.39 is 10.1 Å². The molecule has 1 unspecified atom stereocenters. The topological polar surface area (TPSA) is 57.6 Å². The maximum absolute atomic E-state index is 10.5. The zero-order valence-corrected chi connectivity index (χ0v) is 26.4. The van der Waals surface area contributed by atoms with Crippen LogP contribution in [0.2, 0.25) is 5.02 Å². The van der Waals surface area contributed by atoms with Crippen molar-refractivity contribution in [2.45, 2.75) is 115 Å². The van der Waals surface area contributed by atoms with Crippen LogP contribution in [-0.4, -0.2) is 38.5 Å². The number of rotatable bonds is 20. The number of hydrogen-bond acceptors (Lipinski definition) is 3. The second-order valence-corrected chi connectivity index (χ2v) is 13.0. The van der Waals surface area contributed by atoms with Gasteiger partial charge in [-0.2, -0.15) is 8.42 Å². The number of halogens is 1. The van der Waals surface area contributed by atoms with Crippen molar-refractivity contribution in [3.05, 3.63) is 65.2 Å². The Bertz CT molecular complexity index is 933. The quantitative estimate of drug-likeness (QED) is 0.125. The molecule has 0 amide bonds. The maximum Gasteiger partial charge on any atom is 0.294 e. The molecule has 0 aliphatic rings. The minimum Gasteiger partial charge on any atom is -0.309 e. The lowest BCUT2D eigenvalue weighted by Gasteiger charge is -2.17. The van der Waals surface area contributed by atoms with Gasteiger partial charge in [-0.15, -0.1) is 0 Å². The zero-order valence-electron chi connectivity index (χ0n) is 24.8. The fourth-order valence-corrected chi connectivity index (χ4v) is 5.47. The third-order valence-electron chi connectivity index (χ3n) is 7.16. The van der Waals surface area contributed by atoms with Gasteiger partial charge in [0.15, 0.2) is 0 Å². The van der Waals surface area contributed by atoms with Gasteiger partial charge in [-0.3, -0.25) is 4.55 Å². The van der Waals surface area contributed by atoms with Gasteiger partial charge in [0.1, 0.15) is 0 Å². The van der Waals surface area contributed by atoms with Crippen molar-refractivity contribution in [2.24, 2.45) is 5.92 Å². The molecule has 0 aliphatic carbocycles. The molecular formula is C33H54ClNO3S. The van der Waals surface area contributed by atoms with Gasteiger partial charge in [0.05, 0.1) is 4.90 Å². The summed E-state index contributed by atoms with van der Waals surface area (Å²) in [4.78, 5) is 2.16. The van der Waals surface area contributed by atoms with Crippen LogP contribution in [0.1, 0.15) is 109 Å². The second kappa shape index (κ2) is 22.3. The van der Waals surface area contributed by atoms with Crippen molar-refractivity contribution >= 4 is 21.7 Å². The van der Waals surface area contributed by atoms with E-state index in [1.54, 1.807) is 0 Å². The first-order chi connectivity index (χ1) is 18.7. The van der Waals surface area contributed by atoms with Gasteiger partial charge in [-0.05, 0) is 69.2 Å². The van der Waals surface area contributed by atoms with Gasteiger partial charge in [0, 0.05) is 5.02 Å². The number of hydrogen-bond donors (Lipinski definition) is 1. The van der Waals surface area contributed by atoms with Crippen LogP contribution < -0.4 is 0 Å². The summed E-state index contributed by atoms with van der Waals surface area (Å²) in [5, 5.41) is 0.428. The monoisotopic (exact) mass is 579 g/mol. The Hall–Kier alpha value is -1.40. The van der Waals surface area contributed by atoms with E-state index in [0.717, 1.165) is 5.92 Å². The van der Waals surface area contributed by atoms with Crippen LogP contribution in [-0.2, 0) is 16.5 Å². The summed E-state index contributed by atoms with van der Waals surface area (Å²) in [6.07, 6.45) is 22.7. The molecule has 0 radical (unpaired) electrons. The van der Waals surface area contributed by atoms with Crippen LogP contribution >= 0.6 is 11.6 Å². The summed E-state index contributed by atoms with van der Waals surface area (Å²) in [6, 6.07) is 16.4. The highest BCUT2D eigenvalue weighted by Crippen LogP contribution is 2.23. The Morgan fingerprint density at radius 3 is 1.69 bits per heavy atom. The van der Waals surface area contributed by atoms with E-state index in [1.807, 2.05) is 0 Å². The van der Waals surface area contributed by atoms with Crippen LogP contribution in [0.15, 0.2) is 59.5 Å². The summed E-state index contributed by atoms with van der Waals surface area (Å²) in [7, 11) is 0.285. The average Bonchev–Trinajstić information content (AvgIpc) is 2.90. The Labute approximate surface area is 245 Å². The van der Waals surface area contributed by atoms with Crippen LogP contribution in [0.3, 0.4) is 0 Å². The lowest BCUT2D eigenvalue weighted by atomic mass is 9.89. The van der Waals surface area contributed by atoms with Crippen LogP contribution in [0, 0.1) is 5.92 Å². The molecule has 0 aliphatic heterocycles. The Kier molecular flexibility index (Phi) is 20.4. The number of benzene rings is 2. The molecule has 39 heavy (non-hydrogen) atoms. The average molecular weight is 580 g/mol. The predicted molar refractivity (Wildman–Crippen MR) is 168 cm³/mol. The predicted octanol–water partition coefficient (Wildman–Crippen LogP) is 9.87. The molecule has 0 bridgehead atoms. The molecule has 0 aromatic heterocycles. The molecule has 1 atom stereocenters. The van der Waals surface area contributed by atoms with E-state index in [2.05, 4.69) is 56.3 Å². The Morgan fingerprint density at radius 2 is 1.21 bits per heavy atom. The summed E-state index contributed by atoms with van der Waals surface area (Å²) in [5.74, 6) is 0.890. The Morgan fingerprint density at radius 1 is 0.718 bits per heavy atom. The van der Waals surface area contributed by atoms with Gasteiger partial charge in [0.2, 0.25) is 0 Å². The molecular weight excluding hydrogens is 526 g/mol. The molecule has 6 heteroatoms. The summed E-state index contributed by atoms with van der Waals surface area (Å²) in [5.41, 5.74) is 1.54. The third kappa shape index (κ3) is 20.2. The number of nitrogens with zero attached hydrogens (tertiary/aromatic N) is 1. The standard InChI is InChI=1S/C27H49N.C6H5ClO3S/c1-4-5-6-7-8-9-10-11-15-20-26(25-27-22-17-14-18-23-27)21-16-12-13-19-24-28(2)3;7-5-1-3-6(4-2-5)11(8,9)10/h14,17-18,22-23,26H,4-13,15-16,19-21,24-25H2,1-3H3;1-4H,(H,8,9,10). The highest BCUT2D eigenvalue weighted by Gasteiger charge is 2.10. The van der Waals surface area contributed by atoms with Crippen molar-refractivity contribution in [1.82, 2.24) is 4.90 Å². The SMILES string of the molecule is CCCCCCCCCCCC(CCCCCCN(C)C)Cc1ccccc1.O=S(=O)(O)c1ccc(Cl)cc1. The van der Waals surface area contributed by atoms with E-state index >= 15 is 0 Å². The fraction of sp³-hybridized carbons (Fsp3) is 0.636. The zero-order chi connectivity index (χ0) is 28.8. The third-order valence-corrected chi connectivity index (χ3v) is 8.28. The van der Waals surface area contributed by atoms with Gasteiger partial charge in [-0.25, -0.2) is 0 Å². The first-order valence-electron chi connectivity index (χ1n) is 15.1. The van der Waals surface area contributed by atoms with Crippen molar-refractivity contribution in [3.63, 3.8) is 0 Å². The van der Waals surface area contributed by atoms with Crippen LogP contribution in [0.25, 0.3) is 0 Å². The molecule has 2 aromatic rings. The fourth-order valence-electron chi connectivity index (χ4n) is 4.86. The number of unbranched alkanes of at least 4 members (excludes halogenated alkanes) is 11. The largest absolute Gasteiger partial charge is 0.309 e. The molecule has 2 aromatic carbocycles. The molecule has 0 saturated heterocycles. The second-order valence-electron chi connectivity index (χ2n) is 11.1. The first-order valence-corrected chi connectivity index (χ1v) is 17.0. The van der Waals surface area contributed by atoms with Gasteiger partial charge in [-0.1, -0.05) is 139 Å². The van der Waals surface area contributed by atoms with Crippen molar-refractivity contribution < 1.29 is 13.0 Å². The van der Waals surface area contributed by atoms with E-state index in [4.69, 9.17) is 16.2 Å². The van der Waals surface area contributed by atoms with Gasteiger partial charge < -0.3 is 4.90 Å². The van der Waals surface area contributed by atoms with Crippen molar-refractivity contribution in [2.75, 3.05) is 20.6 Å². The minimum absolute atomic E-state index is 0.151. The molecule has 2 rings (SSSR count).